The number of likely N-dealkylation sites (tertiary alicyclic amines) is 1. The quantitative estimate of drug-likeness (QED) is 0.751. The normalized spacial score (nSPS) is 24.0. The van der Waals surface area contributed by atoms with E-state index in [0.717, 1.165) is 25.2 Å². The van der Waals surface area contributed by atoms with E-state index in [1.54, 1.807) is 6.20 Å². The average molecular weight is 315 g/mol. The van der Waals surface area contributed by atoms with Gasteiger partial charge in [-0.1, -0.05) is 6.07 Å². The molecule has 2 aromatic rings. The number of aromatic nitrogens is 4. The number of hydrogen-bond acceptors (Lipinski definition) is 6. The monoisotopic (exact) mass is 315 g/mol. The first-order chi connectivity index (χ1) is 11.2. The third-order valence-corrected chi connectivity index (χ3v) is 4.50. The fourth-order valence-electron chi connectivity index (χ4n) is 3.32. The Bertz CT molecular complexity index is 831. The molecule has 0 radical (unpaired) electrons. The second kappa shape index (κ2) is 5.39. The van der Waals surface area contributed by atoms with Crippen molar-refractivity contribution in [3.8, 4) is 0 Å². The molecular formula is C15H17N5O3. The number of rotatable bonds is 2. The molecule has 0 aliphatic carbocycles. The first-order valence-electron chi connectivity index (χ1n) is 7.60. The van der Waals surface area contributed by atoms with Gasteiger partial charge in [0, 0.05) is 25.8 Å². The summed E-state index contributed by atoms with van der Waals surface area (Å²) in [6.07, 6.45) is 2.60. The topological polar surface area (TPSA) is 93.1 Å². The van der Waals surface area contributed by atoms with Crippen LogP contribution in [-0.2, 0) is 24.4 Å². The molecule has 0 amide bonds. The van der Waals surface area contributed by atoms with Crippen LogP contribution in [0.15, 0.2) is 34.0 Å². The summed E-state index contributed by atoms with van der Waals surface area (Å²) in [5.74, 6) is 0.475. The van der Waals surface area contributed by atoms with E-state index < -0.39 is 16.7 Å². The molecule has 1 spiro atoms. The molecule has 1 N–H and O–H groups in total. The van der Waals surface area contributed by atoms with E-state index in [4.69, 9.17) is 4.74 Å². The highest BCUT2D eigenvalue weighted by Crippen LogP contribution is 2.31. The van der Waals surface area contributed by atoms with Crippen LogP contribution in [0.3, 0.4) is 0 Å². The minimum absolute atomic E-state index is 0.240. The molecule has 8 heteroatoms. The first kappa shape index (κ1) is 14.3. The van der Waals surface area contributed by atoms with Crippen LogP contribution in [-0.4, -0.2) is 43.3 Å². The fraction of sp³-hybridized carbons (Fsp3) is 0.467. The Morgan fingerprint density at radius 2 is 2.22 bits per heavy atom. The molecule has 0 unspecified atom stereocenters. The van der Waals surface area contributed by atoms with Gasteiger partial charge in [-0.25, -0.2) is 5.10 Å². The van der Waals surface area contributed by atoms with Crippen LogP contribution in [0.1, 0.15) is 17.9 Å². The van der Waals surface area contributed by atoms with Gasteiger partial charge in [-0.15, -0.1) is 0 Å². The lowest BCUT2D eigenvalue weighted by Gasteiger charge is -2.34. The number of H-pyrrole nitrogens is 1. The van der Waals surface area contributed by atoms with Gasteiger partial charge in [0.2, 0.25) is 0 Å². The van der Waals surface area contributed by atoms with Crippen molar-refractivity contribution in [2.75, 3.05) is 13.1 Å². The van der Waals surface area contributed by atoms with Gasteiger partial charge in [0.05, 0.1) is 12.2 Å². The zero-order valence-corrected chi connectivity index (χ0v) is 12.6. The van der Waals surface area contributed by atoms with Crippen molar-refractivity contribution >= 4 is 0 Å². The van der Waals surface area contributed by atoms with Crippen LogP contribution in [0.2, 0.25) is 0 Å². The molecule has 1 atom stereocenters. The summed E-state index contributed by atoms with van der Waals surface area (Å²) >= 11 is 0. The van der Waals surface area contributed by atoms with Gasteiger partial charge in [0.25, 0.3) is 0 Å². The number of nitrogens with one attached hydrogen (secondary N) is 1. The van der Waals surface area contributed by atoms with Crippen LogP contribution in [0.25, 0.3) is 0 Å². The zero-order chi connectivity index (χ0) is 15.9. The van der Waals surface area contributed by atoms with Crippen molar-refractivity contribution in [3.05, 3.63) is 56.6 Å². The summed E-state index contributed by atoms with van der Waals surface area (Å²) in [7, 11) is 0. The summed E-state index contributed by atoms with van der Waals surface area (Å²) in [4.78, 5) is 30.1. The van der Waals surface area contributed by atoms with Gasteiger partial charge in [-0.3, -0.25) is 24.0 Å². The second-order valence-electron chi connectivity index (χ2n) is 6.11. The number of pyridine rings is 1. The van der Waals surface area contributed by atoms with Gasteiger partial charge in [0.15, 0.2) is 5.82 Å². The van der Waals surface area contributed by atoms with Crippen molar-refractivity contribution in [1.82, 2.24) is 24.6 Å². The van der Waals surface area contributed by atoms with Crippen LogP contribution in [0.4, 0.5) is 0 Å². The standard InChI is InChI=1S/C15H17N5O3/c21-13-14(22)20-10-15(23-8-12(20)17-18-13)4-6-19(9-15)7-11-3-1-2-5-16-11/h1-3,5H,4,6-10H2,(H,18,21)/t15-/m1/s1. The smallest absolute Gasteiger partial charge is 0.330 e. The zero-order valence-electron chi connectivity index (χ0n) is 12.6. The number of nitrogens with zero attached hydrogens (tertiary/aromatic N) is 4. The van der Waals surface area contributed by atoms with Crippen LogP contribution >= 0.6 is 0 Å². The molecule has 4 rings (SSSR count). The molecule has 23 heavy (non-hydrogen) atoms. The summed E-state index contributed by atoms with van der Waals surface area (Å²) in [5.41, 5.74) is -0.660. The lowest BCUT2D eigenvalue weighted by molar-refractivity contribution is -0.0853. The number of fused-ring (bicyclic) bond motifs is 1. The Kier molecular flexibility index (Phi) is 3.35. The van der Waals surface area contributed by atoms with Crippen molar-refractivity contribution in [3.63, 3.8) is 0 Å². The van der Waals surface area contributed by atoms with E-state index >= 15 is 0 Å². The third-order valence-electron chi connectivity index (χ3n) is 4.50. The van der Waals surface area contributed by atoms with Crippen molar-refractivity contribution in [2.24, 2.45) is 0 Å². The van der Waals surface area contributed by atoms with E-state index in [2.05, 4.69) is 20.1 Å². The molecule has 8 nitrogen and oxygen atoms in total. The molecule has 0 bridgehead atoms. The number of ether oxygens (including phenoxy) is 1. The lowest BCUT2D eigenvalue weighted by Crippen LogP contribution is -2.51. The summed E-state index contributed by atoms with van der Waals surface area (Å²) < 4.78 is 7.46. The van der Waals surface area contributed by atoms with E-state index in [9.17, 15) is 9.59 Å². The molecular weight excluding hydrogens is 298 g/mol. The summed E-state index contributed by atoms with van der Waals surface area (Å²) in [6.45, 7) is 2.95. The molecule has 2 aliphatic rings. The lowest BCUT2D eigenvalue weighted by atomic mass is 10.0. The van der Waals surface area contributed by atoms with Crippen LogP contribution in [0.5, 0.6) is 0 Å². The predicted molar refractivity (Wildman–Crippen MR) is 80.8 cm³/mol. The van der Waals surface area contributed by atoms with Crippen LogP contribution < -0.4 is 11.1 Å². The van der Waals surface area contributed by atoms with Gasteiger partial charge < -0.3 is 4.74 Å². The molecule has 0 saturated carbocycles. The Morgan fingerprint density at radius 1 is 1.30 bits per heavy atom. The maximum Gasteiger partial charge on any atom is 0.330 e. The highest BCUT2D eigenvalue weighted by Gasteiger charge is 2.43. The Morgan fingerprint density at radius 3 is 3.04 bits per heavy atom. The number of hydrogen-bond donors (Lipinski definition) is 1. The molecule has 1 saturated heterocycles. The highest BCUT2D eigenvalue weighted by atomic mass is 16.5. The highest BCUT2D eigenvalue weighted by molar-refractivity contribution is 5.06. The number of aromatic amines is 1. The average Bonchev–Trinajstić information content (AvgIpc) is 2.95. The fourth-order valence-corrected chi connectivity index (χ4v) is 3.32. The minimum Gasteiger partial charge on any atom is -0.364 e. The van der Waals surface area contributed by atoms with E-state index in [1.807, 2.05) is 18.2 Å². The Labute approximate surface area is 131 Å². The molecule has 120 valence electrons. The maximum absolute atomic E-state index is 12.0. The van der Waals surface area contributed by atoms with Crippen molar-refractivity contribution in [1.29, 1.82) is 0 Å². The molecule has 1 fully saturated rings. The van der Waals surface area contributed by atoms with E-state index in [1.165, 1.54) is 4.57 Å². The van der Waals surface area contributed by atoms with E-state index in [0.29, 0.717) is 18.9 Å². The van der Waals surface area contributed by atoms with Gasteiger partial charge in [-0.05, 0) is 18.6 Å². The molecule has 2 aromatic heterocycles. The van der Waals surface area contributed by atoms with E-state index in [-0.39, 0.29) is 6.61 Å². The minimum atomic E-state index is -0.686. The largest absolute Gasteiger partial charge is 0.364 e. The summed E-state index contributed by atoms with van der Waals surface area (Å²) in [6, 6.07) is 5.86. The molecule has 4 heterocycles. The second-order valence-corrected chi connectivity index (χ2v) is 6.11. The van der Waals surface area contributed by atoms with Crippen molar-refractivity contribution in [2.45, 2.75) is 31.7 Å². The maximum atomic E-state index is 12.0. The molecule has 2 aliphatic heterocycles. The van der Waals surface area contributed by atoms with Crippen LogP contribution in [0, 0.1) is 0 Å². The Balaban J connectivity index is 1.54. The first-order valence-corrected chi connectivity index (χ1v) is 7.60. The van der Waals surface area contributed by atoms with Gasteiger partial charge in [-0.2, -0.15) is 5.10 Å². The predicted octanol–water partition coefficient (Wildman–Crippen LogP) is -0.499. The van der Waals surface area contributed by atoms with Crippen molar-refractivity contribution < 1.29 is 4.74 Å². The van der Waals surface area contributed by atoms with Gasteiger partial charge in [0.1, 0.15) is 12.2 Å². The SMILES string of the molecule is O=c1[nH]nc2n(c1=O)C[C@]1(CCN(Cc3ccccn3)C1)OC2. The third kappa shape index (κ3) is 2.60. The Hall–Kier alpha value is -2.32. The van der Waals surface area contributed by atoms with Gasteiger partial charge >= 0.3 is 11.1 Å². The summed E-state index contributed by atoms with van der Waals surface area (Å²) in [5, 5.41) is 6.11. The molecule has 0 aromatic carbocycles.